The number of nitrogens with two attached hydrogens (primary N) is 1. The Hall–Kier alpha value is -1.66. The van der Waals surface area contributed by atoms with Crippen molar-refractivity contribution in [3.05, 3.63) is 52.2 Å². The van der Waals surface area contributed by atoms with Crippen LogP contribution in [0.3, 0.4) is 0 Å². The number of benzene rings is 1. The molecule has 1 atom stereocenters. The number of rotatable bonds is 3. The van der Waals surface area contributed by atoms with Crippen molar-refractivity contribution in [2.45, 2.75) is 23.0 Å². The fourth-order valence-corrected chi connectivity index (χ4v) is 2.16. The number of hydrogen-bond acceptors (Lipinski definition) is 4. The lowest BCUT2D eigenvalue weighted by atomic mass is 10.1. The highest BCUT2D eigenvalue weighted by atomic mass is 32.2. The Morgan fingerprint density at radius 1 is 1.44 bits per heavy atom. The summed E-state index contributed by atoms with van der Waals surface area (Å²) in [6.45, 7) is 1.79. The van der Waals surface area contributed by atoms with Crippen molar-refractivity contribution in [1.29, 1.82) is 0 Å². The van der Waals surface area contributed by atoms with Gasteiger partial charge in [0.05, 0.1) is 4.90 Å². The molecular weight excluding hydrogens is 253 g/mol. The molecule has 0 unspecified atom stereocenters. The molecule has 0 aliphatic rings. The standard InChI is InChI=1S/C12H12FN3OS/c1-7(14)8-2-3-10(9(13)6-8)18-12-15-5-4-11(17)16-12/h2-7H,14H2,1H3,(H,15,16,17)/t7-/m1/s1. The molecule has 1 heterocycles. The highest BCUT2D eigenvalue weighted by Crippen LogP contribution is 2.27. The summed E-state index contributed by atoms with van der Waals surface area (Å²) in [5.74, 6) is -0.374. The van der Waals surface area contributed by atoms with Crippen LogP contribution in [0.4, 0.5) is 4.39 Å². The molecular formula is C12H12FN3OS. The molecule has 94 valence electrons. The van der Waals surface area contributed by atoms with Crippen LogP contribution < -0.4 is 11.3 Å². The van der Waals surface area contributed by atoms with Gasteiger partial charge in [0, 0.05) is 18.3 Å². The third kappa shape index (κ3) is 2.96. The molecule has 0 fully saturated rings. The average molecular weight is 265 g/mol. The predicted molar refractivity (Wildman–Crippen MR) is 68.0 cm³/mol. The second-order valence-electron chi connectivity index (χ2n) is 3.82. The number of aromatic nitrogens is 2. The van der Waals surface area contributed by atoms with Crippen molar-refractivity contribution < 1.29 is 4.39 Å². The van der Waals surface area contributed by atoms with Crippen LogP contribution in [0.1, 0.15) is 18.5 Å². The van der Waals surface area contributed by atoms with Crippen LogP contribution in [-0.4, -0.2) is 9.97 Å². The SMILES string of the molecule is C[C@@H](N)c1ccc(Sc2nccc(=O)[nH]2)c(F)c1. The Balaban J connectivity index is 2.27. The van der Waals surface area contributed by atoms with Gasteiger partial charge in [-0.25, -0.2) is 9.37 Å². The number of nitrogens with one attached hydrogen (secondary N) is 1. The van der Waals surface area contributed by atoms with Crippen molar-refractivity contribution in [3.63, 3.8) is 0 Å². The first-order chi connectivity index (χ1) is 8.56. The summed E-state index contributed by atoms with van der Waals surface area (Å²) in [5, 5.41) is 0.356. The number of nitrogens with zero attached hydrogens (tertiary/aromatic N) is 1. The zero-order chi connectivity index (χ0) is 13.1. The fraction of sp³-hybridized carbons (Fsp3) is 0.167. The van der Waals surface area contributed by atoms with Gasteiger partial charge in [-0.3, -0.25) is 4.79 Å². The van der Waals surface area contributed by atoms with Crippen LogP contribution in [0.25, 0.3) is 0 Å². The highest BCUT2D eigenvalue weighted by Gasteiger charge is 2.08. The van der Waals surface area contributed by atoms with Gasteiger partial charge in [0.2, 0.25) is 0 Å². The molecule has 1 aromatic carbocycles. The third-order valence-corrected chi connectivity index (χ3v) is 3.29. The smallest absolute Gasteiger partial charge is 0.251 e. The molecule has 4 nitrogen and oxygen atoms in total. The van der Waals surface area contributed by atoms with Gasteiger partial charge in [0.1, 0.15) is 5.82 Å². The minimum atomic E-state index is -0.374. The van der Waals surface area contributed by atoms with Crippen LogP contribution in [0.5, 0.6) is 0 Å². The van der Waals surface area contributed by atoms with Gasteiger partial charge in [-0.15, -0.1) is 0 Å². The van der Waals surface area contributed by atoms with E-state index in [0.29, 0.717) is 10.1 Å². The van der Waals surface area contributed by atoms with E-state index < -0.39 is 0 Å². The van der Waals surface area contributed by atoms with E-state index in [9.17, 15) is 9.18 Å². The van der Waals surface area contributed by atoms with Gasteiger partial charge >= 0.3 is 0 Å². The van der Waals surface area contributed by atoms with E-state index in [-0.39, 0.29) is 17.4 Å². The van der Waals surface area contributed by atoms with E-state index in [2.05, 4.69) is 9.97 Å². The molecule has 0 bridgehead atoms. The molecule has 2 rings (SSSR count). The van der Waals surface area contributed by atoms with E-state index in [1.54, 1.807) is 19.1 Å². The number of H-pyrrole nitrogens is 1. The predicted octanol–water partition coefficient (Wildman–Crippen LogP) is 2.08. The summed E-state index contributed by atoms with van der Waals surface area (Å²) < 4.78 is 13.8. The Bertz CT molecular complexity index is 612. The molecule has 0 radical (unpaired) electrons. The Labute approximate surface area is 107 Å². The van der Waals surface area contributed by atoms with Crippen molar-refractivity contribution in [2.24, 2.45) is 5.73 Å². The van der Waals surface area contributed by atoms with Crippen molar-refractivity contribution in [2.75, 3.05) is 0 Å². The Morgan fingerprint density at radius 3 is 2.83 bits per heavy atom. The molecule has 2 aromatic rings. The molecule has 0 aliphatic carbocycles. The molecule has 1 aromatic heterocycles. The zero-order valence-electron chi connectivity index (χ0n) is 9.68. The summed E-state index contributed by atoms with van der Waals surface area (Å²) in [5.41, 5.74) is 6.14. The van der Waals surface area contributed by atoms with Gasteiger partial charge in [0.25, 0.3) is 5.56 Å². The summed E-state index contributed by atoms with van der Waals surface area (Å²) in [7, 11) is 0. The van der Waals surface area contributed by atoms with Gasteiger partial charge in [-0.1, -0.05) is 6.07 Å². The minimum absolute atomic E-state index is 0.215. The monoisotopic (exact) mass is 265 g/mol. The molecule has 0 aliphatic heterocycles. The maximum absolute atomic E-state index is 13.8. The van der Waals surface area contributed by atoms with Crippen LogP contribution in [0.2, 0.25) is 0 Å². The average Bonchev–Trinajstić information content (AvgIpc) is 2.31. The summed E-state index contributed by atoms with van der Waals surface area (Å²) in [4.78, 5) is 18.0. The summed E-state index contributed by atoms with van der Waals surface area (Å²) >= 11 is 1.07. The van der Waals surface area contributed by atoms with Crippen LogP contribution in [-0.2, 0) is 0 Å². The largest absolute Gasteiger partial charge is 0.324 e. The minimum Gasteiger partial charge on any atom is -0.324 e. The summed E-state index contributed by atoms with van der Waals surface area (Å²) in [6, 6.07) is 5.88. The number of hydrogen-bond donors (Lipinski definition) is 2. The molecule has 0 saturated carbocycles. The lowest BCUT2D eigenvalue weighted by Crippen LogP contribution is -2.06. The van der Waals surface area contributed by atoms with Crippen LogP contribution in [0, 0.1) is 5.82 Å². The number of aromatic amines is 1. The van der Waals surface area contributed by atoms with E-state index in [0.717, 1.165) is 17.3 Å². The Kier molecular flexibility index (Phi) is 3.78. The first kappa shape index (κ1) is 12.8. The fourth-order valence-electron chi connectivity index (χ4n) is 1.39. The molecule has 0 saturated heterocycles. The molecule has 3 N–H and O–H groups in total. The molecule has 0 amide bonds. The van der Waals surface area contributed by atoms with Gasteiger partial charge in [0.15, 0.2) is 5.16 Å². The maximum atomic E-state index is 13.8. The zero-order valence-corrected chi connectivity index (χ0v) is 10.5. The van der Waals surface area contributed by atoms with Crippen LogP contribution >= 0.6 is 11.8 Å². The topological polar surface area (TPSA) is 71.8 Å². The first-order valence-electron chi connectivity index (χ1n) is 5.34. The third-order valence-electron chi connectivity index (χ3n) is 2.34. The quantitative estimate of drug-likeness (QED) is 0.833. The molecule has 0 spiro atoms. The van der Waals surface area contributed by atoms with Crippen molar-refractivity contribution in [1.82, 2.24) is 9.97 Å². The van der Waals surface area contributed by atoms with Crippen molar-refractivity contribution >= 4 is 11.8 Å². The normalized spacial score (nSPS) is 12.4. The second-order valence-corrected chi connectivity index (χ2v) is 4.85. The van der Waals surface area contributed by atoms with E-state index in [4.69, 9.17) is 5.73 Å². The van der Waals surface area contributed by atoms with E-state index in [1.165, 1.54) is 18.3 Å². The first-order valence-corrected chi connectivity index (χ1v) is 6.16. The highest BCUT2D eigenvalue weighted by molar-refractivity contribution is 7.99. The maximum Gasteiger partial charge on any atom is 0.251 e. The van der Waals surface area contributed by atoms with Crippen LogP contribution in [0.15, 0.2) is 45.3 Å². The van der Waals surface area contributed by atoms with Crippen molar-refractivity contribution in [3.8, 4) is 0 Å². The van der Waals surface area contributed by atoms with E-state index >= 15 is 0 Å². The van der Waals surface area contributed by atoms with Gasteiger partial charge in [-0.05, 0) is 36.4 Å². The summed E-state index contributed by atoms with van der Waals surface area (Å²) in [6.07, 6.45) is 1.38. The van der Waals surface area contributed by atoms with Gasteiger partial charge in [-0.2, -0.15) is 0 Å². The Morgan fingerprint density at radius 2 is 2.22 bits per heavy atom. The second kappa shape index (κ2) is 5.32. The van der Waals surface area contributed by atoms with Gasteiger partial charge < -0.3 is 10.7 Å². The number of halogens is 1. The lowest BCUT2D eigenvalue weighted by Gasteiger charge is -2.07. The molecule has 6 heteroatoms. The van der Waals surface area contributed by atoms with E-state index in [1.807, 2.05) is 0 Å². The molecule has 18 heavy (non-hydrogen) atoms. The lowest BCUT2D eigenvalue weighted by molar-refractivity contribution is 0.596.